The highest BCUT2D eigenvalue weighted by Gasteiger charge is 2.26. The third-order valence-corrected chi connectivity index (χ3v) is 5.46. The predicted molar refractivity (Wildman–Crippen MR) is 109 cm³/mol. The summed E-state index contributed by atoms with van der Waals surface area (Å²) in [5, 5.41) is 7.39. The van der Waals surface area contributed by atoms with Gasteiger partial charge in [0, 0.05) is 30.8 Å². The molecule has 6 nitrogen and oxygen atoms in total. The van der Waals surface area contributed by atoms with E-state index in [-0.39, 0.29) is 11.5 Å². The molecular formula is C22H21N5O. The molecule has 1 aliphatic rings. The second-order valence-electron chi connectivity index (χ2n) is 7.38. The van der Waals surface area contributed by atoms with Crippen LogP contribution in [-0.2, 0) is 6.54 Å². The molecule has 3 heterocycles. The van der Waals surface area contributed by atoms with Crippen molar-refractivity contribution < 1.29 is 0 Å². The maximum atomic E-state index is 12.7. The van der Waals surface area contributed by atoms with Gasteiger partial charge in [-0.2, -0.15) is 5.10 Å². The molecule has 28 heavy (non-hydrogen) atoms. The Kier molecular flexibility index (Phi) is 4.25. The topological polar surface area (TPSA) is 77.7 Å². The maximum Gasteiger partial charge on any atom is 0.258 e. The lowest BCUT2D eigenvalue weighted by Gasteiger charge is -2.16. The third-order valence-electron chi connectivity index (χ3n) is 5.46. The number of aromatic nitrogens is 4. The van der Waals surface area contributed by atoms with Crippen LogP contribution >= 0.6 is 0 Å². The molecule has 4 aromatic rings. The van der Waals surface area contributed by atoms with Crippen molar-refractivity contribution in [1.29, 1.82) is 0 Å². The van der Waals surface area contributed by atoms with E-state index in [1.54, 1.807) is 6.20 Å². The van der Waals surface area contributed by atoms with Crippen molar-refractivity contribution in [3.05, 3.63) is 82.7 Å². The van der Waals surface area contributed by atoms with Crippen molar-refractivity contribution in [2.45, 2.75) is 18.9 Å². The number of benzene rings is 2. The summed E-state index contributed by atoms with van der Waals surface area (Å²) < 4.78 is 0. The normalized spacial score (nSPS) is 17.4. The van der Waals surface area contributed by atoms with Crippen molar-refractivity contribution in [1.82, 2.24) is 25.1 Å². The largest absolute Gasteiger partial charge is 0.310 e. The second kappa shape index (κ2) is 7.05. The summed E-state index contributed by atoms with van der Waals surface area (Å²) in [5.41, 5.74) is 3.89. The van der Waals surface area contributed by atoms with E-state index >= 15 is 0 Å². The average Bonchev–Trinajstić information content (AvgIpc) is 3.41. The molecule has 0 saturated carbocycles. The summed E-state index contributed by atoms with van der Waals surface area (Å²) in [7, 11) is 0. The summed E-state index contributed by atoms with van der Waals surface area (Å²) in [6.45, 7) is 2.86. The van der Waals surface area contributed by atoms with Gasteiger partial charge in [0.2, 0.25) is 0 Å². The van der Waals surface area contributed by atoms with Gasteiger partial charge < -0.3 is 4.98 Å². The van der Waals surface area contributed by atoms with Crippen LogP contribution in [0.1, 0.15) is 23.7 Å². The Morgan fingerprint density at radius 3 is 2.82 bits per heavy atom. The van der Waals surface area contributed by atoms with Gasteiger partial charge >= 0.3 is 0 Å². The zero-order chi connectivity index (χ0) is 18.9. The lowest BCUT2D eigenvalue weighted by Crippen LogP contribution is -2.21. The molecule has 1 atom stereocenters. The summed E-state index contributed by atoms with van der Waals surface area (Å²) in [6.07, 6.45) is 4.57. The molecule has 1 fully saturated rings. The fourth-order valence-corrected chi connectivity index (χ4v) is 3.98. The Morgan fingerprint density at radius 2 is 2.00 bits per heavy atom. The first-order valence-electron chi connectivity index (χ1n) is 9.56. The number of nitrogens with zero attached hydrogens (tertiary/aromatic N) is 3. The number of hydrogen-bond donors (Lipinski definition) is 2. The van der Waals surface area contributed by atoms with E-state index in [1.807, 2.05) is 30.5 Å². The van der Waals surface area contributed by atoms with Crippen LogP contribution in [0.4, 0.5) is 0 Å². The van der Waals surface area contributed by atoms with Crippen molar-refractivity contribution in [2.75, 3.05) is 13.1 Å². The minimum absolute atomic E-state index is 0.0770. The van der Waals surface area contributed by atoms with Crippen LogP contribution in [0.5, 0.6) is 0 Å². The first-order chi connectivity index (χ1) is 13.8. The molecule has 140 valence electrons. The lowest BCUT2D eigenvalue weighted by molar-refractivity contribution is 0.326. The zero-order valence-electron chi connectivity index (χ0n) is 15.4. The van der Waals surface area contributed by atoms with E-state index < -0.39 is 0 Å². The van der Waals surface area contributed by atoms with E-state index in [0.717, 1.165) is 48.5 Å². The fraction of sp³-hybridized carbons (Fsp3) is 0.227. The fourth-order valence-electron chi connectivity index (χ4n) is 3.98. The Morgan fingerprint density at radius 1 is 1.11 bits per heavy atom. The van der Waals surface area contributed by atoms with Crippen molar-refractivity contribution in [3.63, 3.8) is 0 Å². The monoisotopic (exact) mass is 371 g/mol. The SMILES string of the molecule is O=c1[nH]c(C2CCN(Cc3ccccc3)C2)nc2ccc(-c3cn[nH]c3)cc12. The van der Waals surface area contributed by atoms with Gasteiger partial charge in [-0.05, 0) is 36.2 Å². The number of rotatable bonds is 4. The van der Waals surface area contributed by atoms with Crippen LogP contribution in [-0.4, -0.2) is 38.2 Å². The van der Waals surface area contributed by atoms with Crippen LogP contribution in [0, 0.1) is 0 Å². The van der Waals surface area contributed by atoms with Crippen molar-refractivity contribution >= 4 is 10.9 Å². The second-order valence-corrected chi connectivity index (χ2v) is 7.38. The Balaban J connectivity index is 1.39. The quantitative estimate of drug-likeness (QED) is 0.577. The molecule has 0 amide bonds. The zero-order valence-corrected chi connectivity index (χ0v) is 15.4. The van der Waals surface area contributed by atoms with E-state index in [4.69, 9.17) is 4.98 Å². The molecular weight excluding hydrogens is 350 g/mol. The van der Waals surface area contributed by atoms with E-state index in [1.165, 1.54) is 5.56 Å². The molecule has 1 saturated heterocycles. The van der Waals surface area contributed by atoms with Crippen LogP contribution < -0.4 is 5.56 Å². The molecule has 6 heteroatoms. The summed E-state index contributed by atoms with van der Waals surface area (Å²) >= 11 is 0. The summed E-state index contributed by atoms with van der Waals surface area (Å²) in [4.78, 5) is 22.9. The lowest BCUT2D eigenvalue weighted by atomic mass is 10.1. The molecule has 0 radical (unpaired) electrons. The standard InChI is InChI=1S/C22H21N5O/c28-22-19-10-16(18-11-23-24-12-18)6-7-20(19)25-21(26-22)17-8-9-27(14-17)13-15-4-2-1-3-5-15/h1-7,10-12,17H,8-9,13-14H2,(H,23,24)(H,25,26,28). The molecule has 0 spiro atoms. The molecule has 0 bridgehead atoms. The van der Waals surface area contributed by atoms with Crippen molar-refractivity contribution in [2.24, 2.45) is 0 Å². The Bertz CT molecular complexity index is 1150. The van der Waals surface area contributed by atoms with Gasteiger partial charge in [0.1, 0.15) is 5.82 Å². The van der Waals surface area contributed by atoms with Gasteiger partial charge in [0.25, 0.3) is 5.56 Å². The first kappa shape index (κ1) is 16.9. The highest BCUT2D eigenvalue weighted by Crippen LogP contribution is 2.27. The molecule has 1 aliphatic heterocycles. The van der Waals surface area contributed by atoms with Gasteiger partial charge in [-0.15, -0.1) is 0 Å². The van der Waals surface area contributed by atoms with Gasteiger partial charge in [-0.25, -0.2) is 4.98 Å². The summed E-state index contributed by atoms with van der Waals surface area (Å²) in [6, 6.07) is 16.3. The molecule has 2 N–H and O–H groups in total. The highest BCUT2D eigenvalue weighted by atomic mass is 16.1. The molecule has 1 unspecified atom stereocenters. The van der Waals surface area contributed by atoms with Gasteiger partial charge in [0.05, 0.1) is 17.1 Å². The predicted octanol–water partition coefficient (Wildman–Crippen LogP) is 3.30. The van der Waals surface area contributed by atoms with E-state index in [9.17, 15) is 4.79 Å². The minimum atomic E-state index is -0.0770. The average molecular weight is 371 g/mol. The smallest absolute Gasteiger partial charge is 0.258 e. The van der Waals surface area contributed by atoms with Crippen LogP contribution in [0.3, 0.4) is 0 Å². The minimum Gasteiger partial charge on any atom is -0.310 e. The van der Waals surface area contributed by atoms with Crippen molar-refractivity contribution in [3.8, 4) is 11.1 Å². The van der Waals surface area contributed by atoms with Gasteiger partial charge in [0.15, 0.2) is 0 Å². The Labute approximate surface area is 162 Å². The number of H-pyrrole nitrogens is 2. The van der Waals surface area contributed by atoms with Gasteiger partial charge in [-0.1, -0.05) is 36.4 Å². The number of likely N-dealkylation sites (tertiary alicyclic amines) is 1. The molecule has 2 aromatic heterocycles. The number of nitrogens with one attached hydrogen (secondary N) is 2. The molecule has 5 rings (SSSR count). The van der Waals surface area contributed by atoms with E-state index in [2.05, 4.69) is 44.3 Å². The van der Waals surface area contributed by atoms with Crippen LogP contribution in [0.15, 0.2) is 65.7 Å². The Hall–Kier alpha value is -3.25. The highest BCUT2D eigenvalue weighted by molar-refractivity contribution is 5.83. The van der Waals surface area contributed by atoms with E-state index in [0.29, 0.717) is 5.39 Å². The number of fused-ring (bicyclic) bond motifs is 1. The third kappa shape index (κ3) is 3.23. The maximum absolute atomic E-state index is 12.7. The summed E-state index contributed by atoms with van der Waals surface area (Å²) in [5.74, 6) is 1.05. The molecule has 0 aliphatic carbocycles. The van der Waals surface area contributed by atoms with Crippen LogP contribution in [0.2, 0.25) is 0 Å². The molecule has 2 aromatic carbocycles. The first-order valence-corrected chi connectivity index (χ1v) is 9.56. The van der Waals surface area contributed by atoms with Crippen LogP contribution in [0.25, 0.3) is 22.0 Å². The number of hydrogen-bond acceptors (Lipinski definition) is 4. The number of aromatic amines is 2. The van der Waals surface area contributed by atoms with Gasteiger partial charge in [-0.3, -0.25) is 14.8 Å².